The van der Waals surface area contributed by atoms with Crippen LogP contribution < -0.4 is 4.74 Å². The van der Waals surface area contributed by atoms with Crippen molar-refractivity contribution in [2.24, 2.45) is 0 Å². The van der Waals surface area contributed by atoms with E-state index in [1.165, 1.54) is 11.1 Å². The highest BCUT2D eigenvalue weighted by atomic mass is 32.1. The minimum atomic E-state index is 0.231. The first kappa shape index (κ1) is 17.8. The molecule has 1 N–H and O–H groups in total. The number of benzene rings is 2. The third-order valence-corrected chi connectivity index (χ3v) is 5.60. The van der Waals surface area contributed by atoms with Crippen LogP contribution in [0.15, 0.2) is 65.6 Å². The minimum absolute atomic E-state index is 0.231. The first-order chi connectivity index (χ1) is 13.2. The Morgan fingerprint density at radius 1 is 1.19 bits per heavy atom. The van der Waals surface area contributed by atoms with E-state index < -0.39 is 0 Å². The summed E-state index contributed by atoms with van der Waals surface area (Å²) in [6, 6.07) is 18.5. The predicted molar refractivity (Wildman–Crippen MR) is 112 cm³/mol. The molecule has 138 valence electrons. The number of fused-ring (bicyclic) bond motifs is 1. The molecule has 0 fully saturated rings. The van der Waals surface area contributed by atoms with Gasteiger partial charge in [0.25, 0.3) is 0 Å². The van der Waals surface area contributed by atoms with E-state index in [0.29, 0.717) is 12.4 Å². The van der Waals surface area contributed by atoms with Gasteiger partial charge in [-0.1, -0.05) is 48.0 Å². The Labute approximate surface area is 164 Å². The fourth-order valence-electron chi connectivity index (χ4n) is 3.51. The van der Waals surface area contributed by atoms with Gasteiger partial charge in [-0.25, -0.2) is 0 Å². The third-order valence-electron chi connectivity index (χ3n) is 4.69. The normalized spacial score (nSPS) is 15.1. The summed E-state index contributed by atoms with van der Waals surface area (Å²) in [5.41, 5.74) is 4.62. The van der Waals surface area contributed by atoms with Crippen molar-refractivity contribution in [3.05, 3.63) is 76.7 Å². The minimum Gasteiger partial charge on any atom is -0.504 e. The van der Waals surface area contributed by atoms with Crippen LogP contribution in [0.1, 0.15) is 18.1 Å². The van der Waals surface area contributed by atoms with Gasteiger partial charge >= 0.3 is 0 Å². The zero-order valence-electron chi connectivity index (χ0n) is 15.4. The van der Waals surface area contributed by atoms with Gasteiger partial charge in [0.2, 0.25) is 0 Å². The Morgan fingerprint density at radius 3 is 2.81 bits per heavy atom. The lowest BCUT2D eigenvalue weighted by Crippen LogP contribution is -2.27. The molecule has 0 spiro atoms. The first-order valence-corrected chi connectivity index (χ1v) is 10.0. The SMILES string of the molecule is CC(=Cc1ccccc1)CN1CCOc2c(O)cc(-c3cccs3)cc2C1. The van der Waals surface area contributed by atoms with Gasteiger partial charge < -0.3 is 9.84 Å². The predicted octanol–water partition coefficient (Wildman–Crippen LogP) is 5.42. The van der Waals surface area contributed by atoms with Gasteiger partial charge in [0, 0.05) is 30.1 Å². The van der Waals surface area contributed by atoms with Gasteiger partial charge in [-0.15, -0.1) is 11.3 Å². The summed E-state index contributed by atoms with van der Waals surface area (Å²) in [4.78, 5) is 3.53. The molecule has 0 bridgehead atoms. The van der Waals surface area contributed by atoms with E-state index in [2.05, 4.69) is 59.7 Å². The summed E-state index contributed by atoms with van der Waals surface area (Å²) >= 11 is 1.68. The Kier molecular flexibility index (Phi) is 5.28. The number of thiophene rings is 1. The molecule has 3 nitrogen and oxygen atoms in total. The summed E-state index contributed by atoms with van der Waals surface area (Å²) in [7, 11) is 0. The van der Waals surface area contributed by atoms with E-state index in [0.717, 1.165) is 35.6 Å². The van der Waals surface area contributed by atoms with Crippen molar-refractivity contribution in [3.63, 3.8) is 0 Å². The molecule has 0 aliphatic carbocycles. The van der Waals surface area contributed by atoms with E-state index in [9.17, 15) is 5.11 Å². The lowest BCUT2D eigenvalue weighted by Gasteiger charge is -2.20. The maximum absolute atomic E-state index is 10.5. The molecular formula is C23H23NO2S. The highest BCUT2D eigenvalue weighted by Gasteiger charge is 2.20. The average molecular weight is 378 g/mol. The van der Waals surface area contributed by atoms with Crippen LogP contribution in [0.5, 0.6) is 11.5 Å². The van der Waals surface area contributed by atoms with Crippen molar-refractivity contribution in [3.8, 4) is 21.9 Å². The molecule has 1 aromatic heterocycles. The average Bonchev–Trinajstić information content (AvgIpc) is 3.11. The van der Waals surface area contributed by atoms with Crippen LogP contribution in [-0.2, 0) is 6.54 Å². The van der Waals surface area contributed by atoms with E-state index in [4.69, 9.17) is 4.74 Å². The number of phenolic OH excluding ortho intramolecular Hbond substituents is 1. The molecule has 0 unspecified atom stereocenters. The fourth-order valence-corrected chi connectivity index (χ4v) is 4.22. The van der Waals surface area contributed by atoms with Crippen LogP contribution in [-0.4, -0.2) is 29.7 Å². The molecule has 1 aliphatic rings. The Morgan fingerprint density at radius 2 is 2.04 bits per heavy atom. The second kappa shape index (κ2) is 7.99. The van der Waals surface area contributed by atoms with Crippen LogP contribution >= 0.6 is 11.3 Å². The second-order valence-corrected chi connectivity index (χ2v) is 7.87. The number of aromatic hydroxyl groups is 1. The monoisotopic (exact) mass is 377 g/mol. The van der Waals surface area contributed by atoms with Crippen molar-refractivity contribution in [2.75, 3.05) is 19.7 Å². The zero-order valence-corrected chi connectivity index (χ0v) is 16.2. The van der Waals surface area contributed by atoms with Crippen molar-refractivity contribution in [2.45, 2.75) is 13.5 Å². The standard InChI is InChI=1S/C23H23NO2S/c1-17(12-18-6-3-2-4-7-18)15-24-9-10-26-23-20(16-24)13-19(14-21(23)25)22-8-5-11-27-22/h2-8,11-14,25H,9-10,15-16H2,1H3. The van der Waals surface area contributed by atoms with Crippen LogP contribution in [0.3, 0.4) is 0 Å². The van der Waals surface area contributed by atoms with E-state index in [-0.39, 0.29) is 5.75 Å². The molecular weight excluding hydrogens is 354 g/mol. The lowest BCUT2D eigenvalue weighted by atomic mass is 10.1. The molecule has 0 radical (unpaired) electrons. The molecule has 2 aromatic carbocycles. The molecule has 4 heteroatoms. The van der Waals surface area contributed by atoms with Gasteiger partial charge in [0.05, 0.1) is 0 Å². The Balaban J connectivity index is 1.56. The molecule has 0 saturated carbocycles. The number of ether oxygens (including phenoxy) is 1. The topological polar surface area (TPSA) is 32.7 Å². The summed E-state index contributed by atoms with van der Waals surface area (Å²) in [5.74, 6) is 0.858. The molecule has 0 saturated heterocycles. The summed E-state index contributed by atoms with van der Waals surface area (Å²) < 4.78 is 5.87. The second-order valence-electron chi connectivity index (χ2n) is 6.92. The lowest BCUT2D eigenvalue weighted by molar-refractivity contribution is 0.236. The molecule has 3 aromatic rings. The maximum Gasteiger partial charge on any atom is 0.165 e. The van der Waals surface area contributed by atoms with Crippen molar-refractivity contribution < 1.29 is 9.84 Å². The first-order valence-electron chi connectivity index (χ1n) is 9.16. The number of rotatable bonds is 4. The molecule has 0 atom stereocenters. The largest absolute Gasteiger partial charge is 0.504 e. The summed E-state index contributed by atoms with van der Waals surface area (Å²) in [6.07, 6.45) is 2.23. The van der Waals surface area contributed by atoms with Crippen molar-refractivity contribution in [1.29, 1.82) is 0 Å². The van der Waals surface area contributed by atoms with Crippen LogP contribution in [0.4, 0.5) is 0 Å². The summed E-state index contributed by atoms with van der Waals surface area (Å²) in [6.45, 7) is 5.23. The van der Waals surface area contributed by atoms with Crippen molar-refractivity contribution >= 4 is 17.4 Å². The maximum atomic E-state index is 10.5. The highest BCUT2D eigenvalue weighted by Crippen LogP contribution is 2.38. The third kappa shape index (κ3) is 4.24. The van der Waals surface area contributed by atoms with Gasteiger partial charge in [0.1, 0.15) is 6.61 Å². The highest BCUT2D eigenvalue weighted by molar-refractivity contribution is 7.13. The molecule has 0 amide bonds. The van der Waals surface area contributed by atoms with Gasteiger partial charge in [0.15, 0.2) is 11.5 Å². The molecule has 2 heterocycles. The fraction of sp³-hybridized carbons (Fsp3) is 0.217. The van der Waals surface area contributed by atoms with Gasteiger partial charge in [-0.05, 0) is 41.6 Å². The Bertz CT molecular complexity index is 933. The van der Waals surface area contributed by atoms with Gasteiger partial charge in [-0.3, -0.25) is 4.90 Å². The van der Waals surface area contributed by atoms with Crippen LogP contribution in [0.25, 0.3) is 16.5 Å². The number of hydrogen-bond donors (Lipinski definition) is 1. The van der Waals surface area contributed by atoms with E-state index in [1.54, 1.807) is 17.4 Å². The molecule has 27 heavy (non-hydrogen) atoms. The quantitative estimate of drug-likeness (QED) is 0.659. The number of nitrogens with zero attached hydrogens (tertiary/aromatic N) is 1. The van der Waals surface area contributed by atoms with E-state index >= 15 is 0 Å². The van der Waals surface area contributed by atoms with Crippen LogP contribution in [0.2, 0.25) is 0 Å². The zero-order chi connectivity index (χ0) is 18.6. The van der Waals surface area contributed by atoms with E-state index in [1.807, 2.05) is 12.1 Å². The molecule has 4 rings (SSSR count). The van der Waals surface area contributed by atoms with Crippen LogP contribution in [0, 0.1) is 0 Å². The smallest absolute Gasteiger partial charge is 0.165 e. The van der Waals surface area contributed by atoms with Gasteiger partial charge in [-0.2, -0.15) is 0 Å². The molecule has 1 aliphatic heterocycles. The Hall–Kier alpha value is -2.56. The number of phenols is 1. The summed E-state index contributed by atoms with van der Waals surface area (Å²) in [5, 5.41) is 12.5. The van der Waals surface area contributed by atoms with Crippen molar-refractivity contribution in [1.82, 2.24) is 4.90 Å². The number of hydrogen-bond acceptors (Lipinski definition) is 4.